The quantitative estimate of drug-likeness (QED) is 0.394. The number of amides is 1. The van der Waals surface area contributed by atoms with Crippen LogP contribution in [-0.2, 0) is 16.2 Å². The second kappa shape index (κ2) is 9.31. The summed E-state index contributed by atoms with van der Waals surface area (Å²) in [6.45, 7) is 0. The molecule has 1 aromatic heterocycles. The van der Waals surface area contributed by atoms with E-state index in [0.29, 0.717) is 12.1 Å². The Morgan fingerprint density at radius 3 is 2.24 bits per heavy atom. The first kappa shape index (κ1) is 24.4. The summed E-state index contributed by atoms with van der Waals surface area (Å²) in [6, 6.07) is 9.63. The molecule has 176 valence electrons. The molecule has 2 aromatic carbocycles. The molecule has 1 heterocycles. The fourth-order valence-corrected chi connectivity index (χ4v) is 3.60. The molecule has 0 bridgehead atoms. The van der Waals surface area contributed by atoms with Gasteiger partial charge in [-0.15, -0.1) is 0 Å². The number of ether oxygens (including phenoxy) is 1. The van der Waals surface area contributed by atoms with Crippen LogP contribution >= 0.6 is 0 Å². The number of carbonyl (C=O) groups is 3. The van der Waals surface area contributed by atoms with Gasteiger partial charge in [0, 0.05) is 6.20 Å². The maximum Gasteiger partial charge on any atom is 0.416 e. The number of benzene rings is 2. The fraction of sp³-hybridized carbons (Fsp3) is 0.0476. The van der Waals surface area contributed by atoms with Crippen LogP contribution in [0.4, 0.5) is 13.2 Å². The van der Waals surface area contributed by atoms with Crippen molar-refractivity contribution >= 4 is 27.9 Å². The lowest BCUT2D eigenvalue weighted by Crippen LogP contribution is -2.31. The van der Waals surface area contributed by atoms with Gasteiger partial charge in [-0.1, -0.05) is 6.07 Å². The Hall–Kier alpha value is -4.26. The van der Waals surface area contributed by atoms with E-state index in [1.807, 2.05) is 0 Å². The van der Waals surface area contributed by atoms with Crippen LogP contribution in [0.1, 0.15) is 36.8 Å². The first-order valence-electron chi connectivity index (χ1n) is 9.13. The number of nitrogens with zero attached hydrogens (tertiary/aromatic N) is 1. The lowest BCUT2D eigenvalue weighted by atomic mass is 10.2. The third-order valence-corrected chi connectivity index (χ3v) is 5.57. The highest BCUT2D eigenvalue weighted by Crippen LogP contribution is 2.30. The van der Waals surface area contributed by atoms with Crippen LogP contribution in [0.25, 0.3) is 0 Å². The van der Waals surface area contributed by atoms with E-state index in [2.05, 4.69) is 4.98 Å². The molecule has 0 saturated carbocycles. The van der Waals surface area contributed by atoms with Crippen molar-refractivity contribution in [3.05, 3.63) is 89.2 Å². The molecule has 0 atom stereocenters. The van der Waals surface area contributed by atoms with Gasteiger partial charge in [0.15, 0.2) is 0 Å². The molecule has 0 radical (unpaired) electrons. The molecule has 3 rings (SSSR count). The summed E-state index contributed by atoms with van der Waals surface area (Å²) in [7, 11) is -4.51. The molecule has 1 amide bonds. The summed E-state index contributed by atoms with van der Waals surface area (Å²) in [5, 5.41) is 8.97. The van der Waals surface area contributed by atoms with Crippen molar-refractivity contribution in [2.24, 2.45) is 0 Å². The maximum atomic E-state index is 12.6. The second-order valence-electron chi connectivity index (χ2n) is 6.61. The van der Waals surface area contributed by atoms with Gasteiger partial charge >= 0.3 is 18.1 Å². The van der Waals surface area contributed by atoms with Crippen molar-refractivity contribution in [3.63, 3.8) is 0 Å². The SMILES string of the molecule is O=C(O)c1ccnc(C(=O)NS(=O)(=O)c2cccc(C(=O)Oc3ccc(C(F)(F)F)cc3)c2)c1. The summed E-state index contributed by atoms with van der Waals surface area (Å²) in [5.74, 6) is -3.82. The molecular formula is C21H13F3N2O7S. The number of esters is 1. The van der Waals surface area contributed by atoms with Crippen LogP contribution in [0, 0.1) is 0 Å². The minimum atomic E-state index is -4.57. The van der Waals surface area contributed by atoms with E-state index in [9.17, 15) is 36.0 Å². The number of sulfonamides is 1. The van der Waals surface area contributed by atoms with E-state index in [-0.39, 0.29) is 16.9 Å². The summed E-state index contributed by atoms with van der Waals surface area (Å²) in [6.07, 6.45) is -3.55. The Kier molecular flexibility index (Phi) is 6.68. The van der Waals surface area contributed by atoms with Gasteiger partial charge in [0.1, 0.15) is 11.4 Å². The van der Waals surface area contributed by atoms with E-state index < -0.39 is 50.2 Å². The molecule has 9 nitrogen and oxygen atoms in total. The average Bonchev–Trinajstić information content (AvgIpc) is 2.78. The number of rotatable bonds is 6. The number of hydrogen-bond donors (Lipinski definition) is 2. The number of aromatic nitrogens is 1. The molecule has 13 heteroatoms. The number of aromatic carboxylic acids is 1. The Balaban J connectivity index is 1.77. The minimum absolute atomic E-state index is 0.205. The van der Waals surface area contributed by atoms with Crippen molar-refractivity contribution in [1.29, 1.82) is 0 Å². The fourth-order valence-electron chi connectivity index (χ4n) is 2.59. The van der Waals surface area contributed by atoms with Crippen molar-refractivity contribution in [3.8, 4) is 5.75 Å². The summed E-state index contributed by atoms with van der Waals surface area (Å²) in [5.41, 5.74) is -1.97. The van der Waals surface area contributed by atoms with Crippen molar-refractivity contribution < 1.29 is 45.8 Å². The van der Waals surface area contributed by atoms with E-state index in [1.165, 1.54) is 12.1 Å². The van der Waals surface area contributed by atoms with Gasteiger partial charge in [0.2, 0.25) is 0 Å². The Morgan fingerprint density at radius 2 is 1.62 bits per heavy atom. The first-order chi connectivity index (χ1) is 15.9. The van der Waals surface area contributed by atoms with Crippen LogP contribution in [0.5, 0.6) is 5.75 Å². The van der Waals surface area contributed by atoms with Gasteiger partial charge in [0.05, 0.1) is 21.6 Å². The van der Waals surface area contributed by atoms with Gasteiger partial charge in [0.25, 0.3) is 15.9 Å². The number of carboxylic acids is 1. The summed E-state index contributed by atoms with van der Waals surface area (Å²) >= 11 is 0. The zero-order valence-corrected chi connectivity index (χ0v) is 17.6. The third kappa shape index (κ3) is 5.75. The molecule has 0 spiro atoms. The molecule has 3 aromatic rings. The number of carboxylic acid groups (broad SMARTS) is 1. The number of nitrogens with one attached hydrogen (secondary N) is 1. The molecule has 0 aliphatic carbocycles. The predicted octanol–water partition coefficient (Wildman–Crippen LogP) is 3.14. The number of alkyl halides is 3. The normalized spacial score (nSPS) is 11.5. The highest BCUT2D eigenvalue weighted by Gasteiger charge is 2.30. The lowest BCUT2D eigenvalue weighted by molar-refractivity contribution is -0.137. The number of pyridine rings is 1. The van der Waals surface area contributed by atoms with E-state index in [1.54, 1.807) is 4.72 Å². The molecule has 34 heavy (non-hydrogen) atoms. The van der Waals surface area contributed by atoms with Crippen molar-refractivity contribution in [2.45, 2.75) is 11.1 Å². The van der Waals surface area contributed by atoms with Crippen LogP contribution in [0.3, 0.4) is 0 Å². The molecule has 0 saturated heterocycles. The zero-order valence-electron chi connectivity index (χ0n) is 16.7. The second-order valence-corrected chi connectivity index (χ2v) is 8.29. The Labute approximate surface area is 189 Å². The maximum absolute atomic E-state index is 12.6. The van der Waals surface area contributed by atoms with E-state index in [4.69, 9.17) is 9.84 Å². The van der Waals surface area contributed by atoms with Gasteiger partial charge in [-0.25, -0.2) is 22.7 Å². The minimum Gasteiger partial charge on any atom is -0.478 e. The smallest absolute Gasteiger partial charge is 0.416 e. The summed E-state index contributed by atoms with van der Waals surface area (Å²) in [4.78, 5) is 38.7. The van der Waals surface area contributed by atoms with E-state index in [0.717, 1.165) is 42.6 Å². The molecule has 0 aliphatic rings. The Bertz CT molecular complexity index is 1370. The molecule has 0 unspecified atom stereocenters. The van der Waals surface area contributed by atoms with Crippen molar-refractivity contribution in [2.75, 3.05) is 0 Å². The number of halogens is 3. The largest absolute Gasteiger partial charge is 0.478 e. The predicted molar refractivity (Wildman–Crippen MR) is 109 cm³/mol. The van der Waals surface area contributed by atoms with Crippen LogP contribution in [-0.4, -0.2) is 36.4 Å². The highest BCUT2D eigenvalue weighted by atomic mass is 32.2. The molecule has 0 fully saturated rings. The average molecular weight is 494 g/mol. The summed E-state index contributed by atoms with van der Waals surface area (Å²) < 4.78 is 69.7. The number of carbonyl (C=O) groups excluding carboxylic acids is 2. The van der Waals surface area contributed by atoms with Gasteiger partial charge in [-0.3, -0.25) is 9.78 Å². The highest BCUT2D eigenvalue weighted by molar-refractivity contribution is 7.90. The molecule has 0 aliphatic heterocycles. The zero-order chi connectivity index (χ0) is 25.1. The van der Waals surface area contributed by atoms with Crippen molar-refractivity contribution in [1.82, 2.24) is 9.71 Å². The monoisotopic (exact) mass is 494 g/mol. The van der Waals surface area contributed by atoms with Crippen LogP contribution in [0.2, 0.25) is 0 Å². The third-order valence-electron chi connectivity index (χ3n) is 4.24. The van der Waals surface area contributed by atoms with E-state index >= 15 is 0 Å². The van der Waals surface area contributed by atoms with Crippen LogP contribution in [0.15, 0.2) is 71.8 Å². The van der Waals surface area contributed by atoms with Crippen LogP contribution < -0.4 is 9.46 Å². The number of hydrogen-bond acceptors (Lipinski definition) is 7. The standard InChI is InChI=1S/C21H13F3N2O7S/c22-21(23,24)14-4-6-15(7-5-14)33-20(30)13-2-1-3-16(10-13)34(31,32)26-18(27)17-11-12(19(28)29)8-9-25-17/h1-11H,(H,26,27)(H,28,29). The Morgan fingerprint density at radius 1 is 0.941 bits per heavy atom. The van der Waals surface area contributed by atoms with Gasteiger partial charge < -0.3 is 9.84 Å². The van der Waals surface area contributed by atoms with Gasteiger partial charge in [-0.2, -0.15) is 13.2 Å². The first-order valence-corrected chi connectivity index (χ1v) is 10.6. The topological polar surface area (TPSA) is 140 Å². The molecule has 2 N–H and O–H groups in total. The molecular weight excluding hydrogens is 481 g/mol. The van der Waals surface area contributed by atoms with Gasteiger partial charge in [-0.05, 0) is 54.6 Å². The lowest BCUT2D eigenvalue weighted by Gasteiger charge is -2.10.